The fourth-order valence-electron chi connectivity index (χ4n) is 5.18. The minimum absolute atomic E-state index is 0.0680. The van der Waals surface area contributed by atoms with Gasteiger partial charge in [0.15, 0.2) is 0 Å². The van der Waals surface area contributed by atoms with Gasteiger partial charge in [0, 0.05) is 37.8 Å². The summed E-state index contributed by atoms with van der Waals surface area (Å²) >= 11 is 0. The van der Waals surface area contributed by atoms with Gasteiger partial charge in [0.2, 0.25) is 5.91 Å². The Morgan fingerprint density at radius 1 is 0.898 bits per heavy atom. The number of furan rings is 1. The van der Waals surface area contributed by atoms with E-state index >= 15 is 0 Å². The molecule has 1 aliphatic heterocycles. The molecule has 0 spiro atoms. The number of halogens is 3. The summed E-state index contributed by atoms with van der Waals surface area (Å²) in [7, 11) is 0. The van der Waals surface area contributed by atoms with Crippen LogP contribution in [0.3, 0.4) is 0 Å². The van der Waals surface area contributed by atoms with E-state index in [4.69, 9.17) is 14.3 Å². The van der Waals surface area contributed by atoms with Crippen LogP contribution in [-0.4, -0.2) is 76.7 Å². The molecule has 12 heteroatoms. The quantitative estimate of drug-likeness (QED) is 0.149. The van der Waals surface area contributed by atoms with Crippen LogP contribution in [0.25, 0.3) is 17.2 Å². The highest BCUT2D eigenvalue weighted by atomic mass is 19.4. The van der Waals surface area contributed by atoms with E-state index in [2.05, 4.69) is 16.3 Å². The van der Waals surface area contributed by atoms with Crippen LogP contribution in [-0.2, 0) is 22.6 Å². The van der Waals surface area contributed by atoms with Gasteiger partial charge < -0.3 is 29.7 Å². The van der Waals surface area contributed by atoms with Gasteiger partial charge in [0.1, 0.15) is 11.5 Å². The highest BCUT2D eigenvalue weighted by molar-refractivity contribution is 5.95. The number of carboxylic acid groups (broad SMARTS) is 1. The van der Waals surface area contributed by atoms with Gasteiger partial charge in [0.05, 0.1) is 6.26 Å². The van der Waals surface area contributed by atoms with E-state index in [-0.39, 0.29) is 17.6 Å². The number of phenols is 1. The number of carbonyl (C=O) groups excluding carboxylic acids is 2. The van der Waals surface area contributed by atoms with Crippen LogP contribution < -0.4 is 5.32 Å². The Labute approximate surface area is 282 Å². The Morgan fingerprint density at radius 3 is 2.22 bits per heavy atom. The predicted molar refractivity (Wildman–Crippen MR) is 179 cm³/mol. The Morgan fingerprint density at radius 2 is 1.57 bits per heavy atom. The molecule has 9 nitrogen and oxygen atoms in total. The molecule has 4 aromatic rings. The van der Waals surface area contributed by atoms with Crippen molar-refractivity contribution in [3.8, 4) is 16.9 Å². The van der Waals surface area contributed by atoms with E-state index in [9.17, 15) is 27.9 Å². The molecule has 5 rings (SSSR count). The molecule has 3 aromatic carbocycles. The molecular weight excluding hydrogens is 639 g/mol. The van der Waals surface area contributed by atoms with Crippen molar-refractivity contribution in [1.29, 1.82) is 0 Å². The molecule has 1 aromatic heterocycles. The standard InChI is InChI=1S/C35H37N3O4.C2HF3O2/c39-32-13-11-27(12-14-32)17-21-38(34(40)16-15-33-10-5-23-42-33)26-28-6-3-7-29(24-28)30-8-4-9-31(25-30)35(41)36-18-22-37-19-1-2-20-37;3-2(4,5)1(6)7/h3-16,23-25,39H,1-2,17-22,26H2,(H,36,41);(H,6,7)/b16-15+;. The maximum Gasteiger partial charge on any atom is 0.490 e. The fourth-order valence-corrected chi connectivity index (χ4v) is 5.18. The lowest BCUT2D eigenvalue weighted by Crippen LogP contribution is -2.33. The van der Waals surface area contributed by atoms with Crippen LogP contribution in [0.2, 0.25) is 0 Å². The summed E-state index contributed by atoms with van der Waals surface area (Å²) in [5, 5.41) is 19.8. The number of nitrogens with one attached hydrogen (secondary N) is 1. The molecule has 0 atom stereocenters. The fraction of sp³-hybridized carbons (Fsp3) is 0.270. The molecule has 1 fully saturated rings. The van der Waals surface area contributed by atoms with Crippen molar-refractivity contribution >= 4 is 23.9 Å². The average Bonchev–Trinajstić information content (AvgIpc) is 3.81. The van der Waals surface area contributed by atoms with E-state index < -0.39 is 12.1 Å². The summed E-state index contributed by atoms with van der Waals surface area (Å²) in [4.78, 5) is 39.2. The summed E-state index contributed by atoms with van der Waals surface area (Å²) in [6.45, 7) is 4.67. The highest BCUT2D eigenvalue weighted by Crippen LogP contribution is 2.23. The SMILES string of the molecule is O=C(NCCN1CCCC1)c1cccc(-c2cccc(CN(CCc3ccc(O)cc3)C(=O)/C=C/c3ccco3)c2)c1.O=C(O)C(F)(F)F. The molecule has 0 unspecified atom stereocenters. The van der Waals surface area contributed by atoms with Crippen molar-refractivity contribution in [1.82, 2.24) is 15.1 Å². The number of benzene rings is 3. The van der Waals surface area contributed by atoms with Crippen molar-refractivity contribution in [2.24, 2.45) is 0 Å². The first-order valence-corrected chi connectivity index (χ1v) is 15.8. The van der Waals surface area contributed by atoms with E-state index in [1.54, 1.807) is 41.5 Å². The molecule has 49 heavy (non-hydrogen) atoms. The number of hydrogen-bond acceptors (Lipinski definition) is 6. The summed E-state index contributed by atoms with van der Waals surface area (Å²) in [6, 6.07) is 26.4. The maximum atomic E-state index is 13.3. The van der Waals surface area contributed by atoms with Gasteiger partial charge in [-0.2, -0.15) is 13.2 Å². The zero-order valence-corrected chi connectivity index (χ0v) is 26.7. The molecule has 3 N–H and O–H groups in total. The lowest BCUT2D eigenvalue weighted by atomic mass is 10.0. The van der Waals surface area contributed by atoms with Crippen molar-refractivity contribution in [3.05, 3.63) is 120 Å². The van der Waals surface area contributed by atoms with Crippen molar-refractivity contribution in [2.45, 2.75) is 32.0 Å². The second-order valence-electron chi connectivity index (χ2n) is 11.4. The molecule has 0 aliphatic carbocycles. The predicted octanol–water partition coefficient (Wildman–Crippen LogP) is 6.40. The maximum absolute atomic E-state index is 13.3. The van der Waals surface area contributed by atoms with Gasteiger partial charge in [-0.1, -0.05) is 42.5 Å². The summed E-state index contributed by atoms with van der Waals surface area (Å²) < 4.78 is 37.1. The monoisotopic (exact) mass is 677 g/mol. The smallest absolute Gasteiger partial charge is 0.490 e. The molecule has 0 radical (unpaired) electrons. The molecule has 258 valence electrons. The minimum atomic E-state index is -5.08. The number of likely N-dealkylation sites (tertiary alicyclic amines) is 1. The largest absolute Gasteiger partial charge is 0.508 e. The minimum Gasteiger partial charge on any atom is -0.508 e. The first kappa shape index (κ1) is 36.5. The lowest BCUT2D eigenvalue weighted by molar-refractivity contribution is -0.192. The number of aromatic hydroxyl groups is 1. The van der Waals surface area contributed by atoms with Gasteiger partial charge in [0.25, 0.3) is 5.91 Å². The molecule has 1 aliphatic rings. The third-order valence-electron chi connectivity index (χ3n) is 7.77. The number of phenolic OH excluding ortho intramolecular Hbond substituents is 1. The van der Waals surface area contributed by atoms with Crippen LogP contribution in [0, 0.1) is 0 Å². The van der Waals surface area contributed by atoms with E-state index in [0.29, 0.717) is 37.4 Å². The number of aliphatic carboxylic acids is 1. The molecular formula is C37H38F3N3O6. The number of alkyl halides is 3. The van der Waals surface area contributed by atoms with Gasteiger partial charge in [-0.05, 0) is 103 Å². The summed E-state index contributed by atoms with van der Waals surface area (Å²) in [5.41, 5.74) is 4.58. The number of carbonyl (C=O) groups is 3. The number of nitrogens with zero attached hydrogens (tertiary/aromatic N) is 2. The highest BCUT2D eigenvalue weighted by Gasteiger charge is 2.38. The van der Waals surface area contributed by atoms with Crippen LogP contribution in [0.4, 0.5) is 13.2 Å². The molecule has 1 saturated heterocycles. The zero-order chi connectivity index (χ0) is 35.2. The average molecular weight is 678 g/mol. The second kappa shape index (κ2) is 17.7. The summed E-state index contributed by atoms with van der Waals surface area (Å²) in [5.74, 6) is -2.12. The van der Waals surface area contributed by atoms with Gasteiger partial charge in [-0.15, -0.1) is 0 Å². The number of amides is 2. The second-order valence-corrected chi connectivity index (χ2v) is 11.4. The van der Waals surface area contributed by atoms with Crippen molar-refractivity contribution in [3.63, 3.8) is 0 Å². The Hall–Kier alpha value is -5.36. The Kier molecular flexibility index (Phi) is 13.2. The third kappa shape index (κ3) is 12.0. The van der Waals surface area contributed by atoms with E-state index in [1.165, 1.54) is 18.9 Å². The van der Waals surface area contributed by atoms with Crippen LogP contribution >= 0.6 is 0 Å². The van der Waals surface area contributed by atoms with Crippen molar-refractivity contribution in [2.75, 3.05) is 32.7 Å². The zero-order valence-electron chi connectivity index (χ0n) is 26.7. The van der Waals surface area contributed by atoms with Crippen LogP contribution in [0.1, 0.15) is 40.1 Å². The van der Waals surface area contributed by atoms with E-state index in [0.717, 1.165) is 41.9 Å². The summed E-state index contributed by atoms with van der Waals surface area (Å²) in [6.07, 6.45) is 2.82. The molecule has 0 saturated carbocycles. The number of carboxylic acids is 1. The van der Waals surface area contributed by atoms with Crippen LogP contribution in [0.15, 0.2) is 102 Å². The van der Waals surface area contributed by atoms with Crippen molar-refractivity contribution < 1.29 is 42.2 Å². The van der Waals surface area contributed by atoms with Gasteiger partial charge >= 0.3 is 12.1 Å². The van der Waals surface area contributed by atoms with Crippen LogP contribution in [0.5, 0.6) is 5.75 Å². The Balaban J connectivity index is 0.000000698. The first-order chi connectivity index (χ1) is 23.5. The first-order valence-electron chi connectivity index (χ1n) is 15.8. The number of rotatable bonds is 12. The third-order valence-corrected chi connectivity index (χ3v) is 7.77. The topological polar surface area (TPSA) is 123 Å². The molecule has 2 amide bonds. The number of hydrogen-bond donors (Lipinski definition) is 3. The molecule has 0 bridgehead atoms. The normalized spacial score (nSPS) is 13.1. The lowest BCUT2D eigenvalue weighted by Gasteiger charge is -2.22. The Bertz CT molecular complexity index is 1700. The van der Waals surface area contributed by atoms with E-state index in [1.807, 2.05) is 54.6 Å². The molecule has 2 heterocycles. The van der Waals surface area contributed by atoms with Gasteiger partial charge in [-0.25, -0.2) is 4.79 Å². The van der Waals surface area contributed by atoms with Gasteiger partial charge in [-0.3, -0.25) is 9.59 Å².